The SMILES string of the molecule is CNC(=O)c1ccc(Oc2ccc(N)cc2OC)nn1. The smallest absolute Gasteiger partial charge is 0.271 e. The summed E-state index contributed by atoms with van der Waals surface area (Å²) in [6.07, 6.45) is 0. The molecule has 1 amide bonds. The number of nitrogens with two attached hydrogens (primary N) is 1. The van der Waals surface area contributed by atoms with Gasteiger partial charge >= 0.3 is 0 Å². The molecule has 7 nitrogen and oxygen atoms in total. The van der Waals surface area contributed by atoms with Gasteiger partial charge in [0.15, 0.2) is 17.2 Å². The summed E-state index contributed by atoms with van der Waals surface area (Å²) in [5.41, 5.74) is 6.43. The van der Waals surface area contributed by atoms with Gasteiger partial charge in [-0.3, -0.25) is 4.79 Å². The topological polar surface area (TPSA) is 99.4 Å². The number of hydrogen-bond donors (Lipinski definition) is 2. The molecule has 20 heavy (non-hydrogen) atoms. The maximum absolute atomic E-state index is 11.3. The molecule has 0 saturated heterocycles. The molecule has 2 rings (SSSR count). The lowest BCUT2D eigenvalue weighted by Crippen LogP contribution is -2.19. The first-order valence-corrected chi connectivity index (χ1v) is 5.81. The predicted molar refractivity (Wildman–Crippen MR) is 72.9 cm³/mol. The van der Waals surface area contributed by atoms with Crippen LogP contribution in [0.3, 0.4) is 0 Å². The van der Waals surface area contributed by atoms with E-state index in [0.29, 0.717) is 17.2 Å². The largest absolute Gasteiger partial charge is 0.493 e. The molecule has 0 aliphatic heterocycles. The summed E-state index contributed by atoms with van der Waals surface area (Å²) in [7, 11) is 3.04. The minimum Gasteiger partial charge on any atom is -0.493 e. The third-order valence-electron chi connectivity index (χ3n) is 2.50. The molecule has 7 heteroatoms. The van der Waals surface area contributed by atoms with E-state index in [1.165, 1.54) is 20.2 Å². The molecular formula is C13H14N4O3. The number of methoxy groups -OCH3 is 1. The van der Waals surface area contributed by atoms with Crippen molar-refractivity contribution in [3.8, 4) is 17.4 Å². The fourth-order valence-electron chi connectivity index (χ4n) is 1.50. The molecule has 1 heterocycles. The highest BCUT2D eigenvalue weighted by Crippen LogP contribution is 2.32. The number of carbonyl (C=O) groups is 1. The second-order valence-corrected chi connectivity index (χ2v) is 3.85. The molecule has 1 aromatic carbocycles. The van der Waals surface area contributed by atoms with E-state index in [1.807, 2.05) is 0 Å². The number of nitrogen functional groups attached to an aromatic ring is 1. The minimum atomic E-state index is -0.311. The molecule has 0 aliphatic rings. The highest BCUT2D eigenvalue weighted by Gasteiger charge is 2.09. The molecule has 0 radical (unpaired) electrons. The van der Waals surface area contributed by atoms with Gasteiger partial charge in [0, 0.05) is 24.9 Å². The molecule has 0 atom stereocenters. The first-order valence-electron chi connectivity index (χ1n) is 5.81. The van der Waals surface area contributed by atoms with Crippen molar-refractivity contribution in [1.29, 1.82) is 0 Å². The van der Waals surface area contributed by atoms with E-state index >= 15 is 0 Å². The molecule has 0 bridgehead atoms. The molecule has 0 fully saturated rings. The van der Waals surface area contributed by atoms with Gasteiger partial charge in [-0.15, -0.1) is 10.2 Å². The summed E-state index contributed by atoms with van der Waals surface area (Å²) in [6, 6.07) is 8.06. The Bertz CT molecular complexity index is 614. The van der Waals surface area contributed by atoms with Crippen molar-refractivity contribution in [1.82, 2.24) is 15.5 Å². The third kappa shape index (κ3) is 2.94. The summed E-state index contributed by atoms with van der Waals surface area (Å²) in [6.45, 7) is 0. The number of hydrogen-bond acceptors (Lipinski definition) is 6. The van der Waals surface area contributed by atoms with E-state index in [9.17, 15) is 4.79 Å². The van der Waals surface area contributed by atoms with Crippen molar-refractivity contribution >= 4 is 11.6 Å². The van der Waals surface area contributed by atoms with Crippen LogP contribution in [0.1, 0.15) is 10.5 Å². The van der Waals surface area contributed by atoms with E-state index in [0.717, 1.165) is 0 Å². The lowest BCUT2D eigenvalue weighted by atomic mass is 10.3. The van der Waals surface area contributed by atoms with Crippen LogP contribution in [0.2, 0.25) is 0 Å². The van der Waals surface area contributed by atoms with Gasteiger partial charge in [-0.2, -0.15) is 0 Å². The van der Waals surface area contributed by atoms with Crippen LogP contribution in [-0.2, 0) is 0 Å². The highest BCUT2D eigenvalue weighted by molar-refractivity contribution is 5.91. The van der Waals surface area contributed by atoms with Crippen LogP contribution in [0, 0.1) is 0 Å². The molecule has 0 aliphatic carbocycles. The zero-order chi connectivity index (χ0) is 14.5. The Balaban J connectivity index is 2.20. The van der Waals surface area contributed by atoms with Crippen molar-refractivity contribution in [3.63, 3.8) is 0 Å². The fraction of sp³-hybridized carbons (Fsp3) is 0.154. The number of ether oxygens (including phenoxy) is 2. The summed E-state index contributed by atoms with van der Waals surface area (Å²) < 4.78 is 10.7. The zero-order valence-electron chi connectivity index (χ0n) is 11.1. The first-order chi connectivity index (χ1) is 9.63. The molecule has 104 valence electrons. The Labute approximate surface area is 115 Å². The first kappa shape index (κ1) is 13.6. The van der Waals surface area contributed by atoms with E-state index in [4.69, 9.17) is 15.2 Å². The molecule has 2 aromatic rings. The normalized spacial score (nSPS) is 9.90. The molecule has 0 saturated carbocycles. The monoisotopic (exact) mass is 274 g/mol. The van der Waals surface area contributed by atoms with Crippen molar-refractivity contribution in [3.05, 3.63) is 36.0 Å². The Morgan fingerprint density at radius 3 is 2.60 bits per heavy atom. The van der Waals surface area contributed by atoms with Crippen LogP contribution in [-0.4, -0.2) is 30.3 Å². The lowest BCUT2D eigenvalue weighted by Gasteiger charge is -2.09. The number of amides is 1. The summed E-state index contributed by atoms with van der Waals surface area (Å²) >= 11 is 0. The van der Waals surface area contributed by atoms with Crippen molar-refractivity contribution < 1.29 is 14.3 Å². The second-order valence-electron chi connectivity index (χ2n) is 3.85. The highest BCUT2D eigenvalue weighted by atomic mass is 16.5. The Morgan fingerprint density at radius 1 is 1.20 bits per heavy atom. The van der Waals surface area contributed by atoms with Gasteiger partial charge in [0.05, 0.1) is 7.11 Å². The van der Waals surface area contributed by atoms with E-state index in [2.05, 4.69) is 15.5 Å². The summed E-state index contributed by atoms with van der Waals surface area (Å²) in [5.74, 6) is 0.890. The molecule has 1 aromatic heterocycles. The number of nitrogens with one attached hydrogen (secondary N) is 1. The Morgan fingerprint density at radius 2 is 2.00 bits per heavy atom. The molecule has 0 unspecified atom stereocenters. The second kappa shape index (κ2) is 5.87. The average molecular weight is 274 g/mol. The minimum absolute atomic E-state index is 0.212. The van der Waals surface area contributed by atoms with E-state index < -0.39 is 0 Å². The van der Waals surface area contributed by atoms with Crippen LogP contribution in [0.4, 0.5) is 5.69 Å². The van der Waals surface area contributed by atoms with Crippen molar-refractivity contribution in [2.75, 3.05) is 19.9 Å². The number of benzene rings is 1. The average Bonchev–Trinajstić information content (AvgIpc) is 2.49. The number of nitrogens with zero attached hydrogens (tertiary/aromatic N) is 2. The third-order valence-corrected chi connectivity index (χ3v) is 2.50. The fourth-order valence-corrected chi connectivity index (χ4v) is 1.50. The van der Waals surface area contributed by atoms with Gasteiger partial charge in [0.25, 0.3) is 5.91 Å². The standard InChI is InChI=1S/C13H14N4O3/c1-15-13(18)9-4-6-12(17-16-9)20-10-5-3-8(14)7-11(10)19-2/h3-7H,14H2,1-2H3,(H,15,18). The van der Waals surface area contributed by atoms with Gasteiger partial charge in [-0.05, 0) is 18.2 Å². The zero-order valence-corrected chi connectivity index (χ0v) is 11.1. The van der Waals surface area contributed by atoms with Gasteiger partial charge in [-0.25, -0.2) is 0 Å². The van der Waals surface area contributed by atoms with Crippen LogP contribution < -0.4 is 20.5 Å². The number of carbonyl (C=O) groups excluding carboxylic acids is 1. The molecule has 3 N–H and O–H groups in total. The number of anilines is 1. The number of aromatic nitrogens is 2. The Hall–Kier alpha value is -2.83. The van der Waals surface area contributed by atoms with Crippen LogP contribution in [0.15, 0.2) is 30.3 Å². The molecular weight excluding hydrogens is 260 g/mol. The van der Waals surface area contributed by atoms with Gasteiger partial charge in [0.1, 0.15) is 0 Å². The summed E-state index contributed by atoms with van der Waals surface area (Å²) in [5, 5.41) is 10.0. The van der Waals surface area contributed by atoms with Crippen molar-refractivity contribution in [2.24, 2.45) is 0 Å². The van der Waals surface area contributed by atoms with Crippen LogP contribution >= 0.6 is 0 Å². The van der Waals surface area contributed by atoms with Gasteiger partial charge in [0.2, 0.25) is 5.88 Å². The van der Waals surface area contributed by atoms with E-state index in [1.54, 1.807) is 24.3 Å². The van der Waals surface area contributed by atoms with Gasteiger partial charge < -0.3 is 20.5 Å². The van der Waals surface area contributed by atoms with Crippen LogP contribution in [0.5, 0.6) is 17.4 Å². The van der Waals surface area contributed by atoms with Gasteiger partial charge in [-0.1, -0.05) is 0 Å². The predicted octanol–water partition coefficient (Wildman–Crippen LogP) is 1.22. The van der Waals surface area contributed by atoms with E-state index in [-0.39, 0.29) is 17.5 Å². The van der Waals surface area contributed by atoms with Crippen LogP contribution in [0.25, 0.3) is 0 Å². The number of rotatable bonds is 4. The molecule has 0 spiro atoms. The quantitative estimate of drug-likeness (QED) is 0.813. The maximum atomic E-state index is 11.3. The summed E-state index contributed by atoms with van der Waals surface area (Å²) in [4.78, 5) is 11.3. The maximum Gasteiger partial charge on any atom is 0.271 e. The van der Waals surface area contributed by atoms with Crippen molar-refractivity contribution in [2.45, 2.75) is 0 Å². The lowest BCUT2D eigenvalue weighted by molar-refractivity contribution is 0.0957. The Kier molecular flexibility index (Phi) is 3.99.